The van der Waals surface area contributed by atoms with Gasteiger partial charge in [0.2, 0.25) is 0 Å². The van der Waals surface area contributed by atoms with Gasteiger partial charge in [0.15, 0.2) is 0 Å². The smallest absolute Gasteiger partial charge is 0.121 e. The summed E-state index contributed by atoms with van der Waals surface area (Å²) in [5.41, 5.74) is 5.60. The molecule has 0 aliphatic heterocycles. The zero-order valence-electron chi connectivity index (χ0n) is 8.53. The number of rotatable bonds is 4. The molecule has 14 heavy (non-hydrogen) atoms. The Morgan fingerprint density at radius 1 is 1.43 bits per heavy atom. The van der Waals surface area contributed by atoms with Gasteiger partial charge in [-0.25, -0.2) is 0 Å². The molecule has 1 rings (SSSR count). The van der Waals surface area contributed by atoms with Gasteiger partial charge in [0.25, 0.3) is 0 Å². The minimum atomic E-state index is 0.0495. The second-order valence-corrected chi connectivity index (χ2v) is 4.03. The molecule has 1 atom stereocenters. The molecule has 0 aliphatic rings. The topological polar surface area (TPSA) is 35.2 Å². The molecule has 0 saturated carbocycles. The van der Waals surface area contributed by atoms with Gasteiger partial charge in [-0.1, -0.05) is 31.5 Å². The van der Waals surface area contributed by atoms with Crippen LogP contribution in [-0.4, -0.2) is 12.6 Å². The summed E-state index contributed by atoms with van der Waals surface area (Å²) in [6, 6.07) is 7.37. The number of hydrogen-bond acceptors (Lipinski definition) is 2. The molecule has 0 heterocycles. The average molecular weight is 214 g/mol. The monoisotopic (exact) mass is 213 g/mol. The highest BCUT2D eigenvalue weighted by molar-refractivity contribution is 6.30. The van der Waals surface area contributed by atoms with Crippen LogP contribution in [0.25, 0.3) is 0 Å². The molecule has 0 bridgehead atoms. The van der Waals surface area contributed by atoms with Crippen molar-refractivity contribution in [2.24, 2.45) is 11.7 Å². The van der Waals surface area contributed by atoms with E-state index in [1.165, 1.54) is 0 Å². The largest absolute Gasteiger partial charge is 0.489 e. The zero-order chi connectivity index (χ0) is 10.6. The molecule has 0 saturated heterocycles. The fourth-order valence-corrected chi connectivity index (χ4v) is 1.35. The van der Waals surface area contributed by atoms with Gasteiger partial charge >= 0.3 is 0 Å². The molecular formula is C11H16ClNO. The maximum absolute atomic E-state index is 5.84. The Morgan fingerprint density at radius 3 is 2.64 bits per heavy atom. The quantitative estimate of drug-likeness (QED) is 0.835. The number of nitrogens with two attached hydrogens (primary N) is 1. The summed E-state index contributed by atoms with van der Waals surface area (Å²) in [6.45, 7) is 4.69. The Labute approximate surface area is 90.0 Å². The van der Waals surface area contributed by atoms with Crippen molar-refractivity contribution in [1.29, 1.82) is 0 Å². The van der Waals surface area contributed by atoms with Crippen LogP contribution in [0, 0.1) is 5.92 Å². The van der Waals surface area contributed by atoms with Crippen molar-refractivity contribution in [3.8, 4) is 5.75 Å². The van der Waals surface area contributed by atoms with Gasteiger partial charge in [0.1, 0.15) is 11.9 Å². The summed E-state index contributed by atoms with van der Waals surface area (Å²) in [7, 11) is 0. The Bertz CT molecular complexity index is 288. The predicted molar refractivity (Wildman–Crippen MR) is 59.8 cm³/mol. The van der Waals surface area contributed by atoms with Crippen LogP contribution in [0.5, 0.6) is 5.75 Å². The summed E-state index contributed by atoms with van der Waals surface area (Å²) in [5, 5.41) is 0.682. The van der Waals surface area contributed by atoms with E-state index < -0.39 is 0 Å². The van der Waals surface area contributed by atoms with Gasteiger partial charge in [-0.15, -0.1) is 0 Å². The lowest BCUT2D eigenvalue weighted by Crippen LogP contribution is -2.31. The van der Waals surface area contributed by atoms with Crippen molar-refractivity contribution in [3.05, 3.63) is 29.3 Å². The average Bonchev–Trinajstić information content (AvgIpc) is 2.14. The molecule has 0 fully saturated rings. The fraction of sp³-hybridized carbons (Fsp3) is 0.455. The molecule has 1 unspecified atom stereocenters. The highest BCUT2D eigenvalue weighted by atomic mass is 35.5. The van der Waals surface area contributed by atoms with E-state index in [4.69, 9.17) is 22.1 Å². The predicted octanol–water partition coefficient (Wildman–Crippen LogP) is 2.70. The first-order valence-electron chi connectivity index (χ1n) is 4.75. The van der Waals surface area contributed by atoms with Gasteiger partial charge in [-0.2, -0.15) is 0 Å². The first-order chi connectivity index (χ1) is 6.63. The van der Waals surface area contributed by atoms with Crippen LogP contribution in [-0.2, 0) is 0 Å². The molecule has 0 spiro atoms. The van der Waals surface area contributed by atoms with Crippen molar-refractivity contribution in [2.75, 3.05) is 6.54 Å². The number of hydrogen-bond donors (Lipinski definition) is 1. The third kappa shape index (κ3) is 3.20. The second-order valence-electron chi connectivity index (χ2n) is 3.59. The van der Waals surface area contributed by atoms with Crippen LogP contribution in [0.15, 0.2) is 24.3 Å². The van der Waals surface area contributed by atoms with Crippen molar-refractivity contribution in [3.63, 3.8) is 0 Å². The highest BCUT2D eigenvalue weighted by Crippen LogP contribution is 2.19. The number of benzene rings is 1. The molecular weight excluding hydrogens is 198 g/mol. The molecule has 1 aromatic carbocycles. The van der Waals surface area contributed by atoms with Gasteiger partial charge in [-0.05, 0) is 24.1 Å². The van der Waals surface area contributed by atoms with Crippen LogP contribution in [0.1, 0.15) is 13.8 Å². The summed E-state index contributed by atoms with van der Waals surface area (Å²) < 4.78 is 5.70. The molecule has 3 heteroatoms. The first kappa shape index (κ1) is 11.3. The van der Waals surface area contributed by atoms with Crippen LogP contribution >= 0.6 is 11.6 Å². The summed E-state index contributed by atoms with van der Waals surface area (Å²) in [4.78, 5) is 0. The fourth-order valence-electron chi connectivity index (χ4n) is 1.17. The molecule has 1 aromatic rings. The van der Waals surface area contributed by atoms with Crippen LogP contribution < -0.4 is 10.5 Å². The van der Waals surface area contributed by atoms with Crippen molar-refractivity contribution < 1.29 is 4.74 Å². The molecule has 0 radical (unpaired) electrons. The summed E-state index contributed by atoms with van der Waals surface area (Å²) in [6.07, 6.45) is 0.0495. The molecule has 2 nitrogen and oxygen atoms in total. The van der Waals surface area contributed by atoms with Crippen molar-refractivity contribution in [2.45, 2.75) is 20.0 Å². The third-order valence-electron chi connectivity index (χ3n) is 2.06. The van der Waals surface area contributed by atoms with Gasteiger partial charge in [-0.3, -0.25) is 0 Å². The zero-order valence-corrected chi connectivity index (χ0v) is 9.29. The lowest BCUT2D eigenvalue weighted by molar-refractivity contribution is 0.159. The van der Waals surface area contributed by atoms with E-state index in [1.807, 2.05) is 18.2 Å². The van der Waals surface area contributed by atoms with E-state index >= 15 is 0 Å². The van der Waals surface area contributed by atoms with Crippen LogP contribution in [0.4, 0.5) is 0 Å². The highest BCUT2D eigenvalue weighted by Gasteiger charge is 2.12. The van der Waals surface area contributed by atoms with E-state index in [0.29, 0.717) is 17.5 Å². The molecule has 2 N–H and O–H groups in total. The third-order valence-corrected chi connectivity index (χ3v) is 2.29. The van der Waals surface area contributed by atoms with Gasteiger partial charge in [0.05, 0.1) is 0 Å². The SMILES string of the molecule is CC(C)C(CN)Oc1cccc(Cl)c1. The number of ether oxygens (including phenoxy) is 1. The summed E-state index contributed by atoms with van der Waals surface area (Å²) in [5.74, 6) is 1.18. The van der Waals surface area contributed by atoms with E-state index in [9.17, 15) is 0 Å². The molecule has 0 aromatic heterocycles. The van der Waals surface area contributed by atoms with E-state index in [2.05, 4.69) is 13.8 Å². The van der Waals surface area contributed by atoms with Crippen molar-refractivity contribution >= 4 is 11.6 Å². The lowest BCUT2D eigenvalue weighted by atomic mass is 10.1. The Balaban J connectivity index is 2.67. The van der Waals surface area contributed by atoms with Crippen LogP contribution in [0.3, 0.4) is 0 Å². The van der Waals surface area contributed by atoms with Crippen molar-refractivity contribution in [1.82, 2.24) is 0 Å². The van der Waals surface area contributed by atoms with E-state index in [-0.39, 0.29) is 6.10 Å². The maximum atomic E-state index is 5.84. The standard InChI is InChI=1S/C11H16ClNO/c1-8(2)11(7-13)14-10-5-3-4-9(12)6-10/h3-6,8,11H,7,13H2,1-2H3. The van der Waals surface area contributed by atoms with E-state index in [1.54, 1.807) is 6.07 Å². The first-order valence-corrected chi connectivity index (χ1v) is 5.13. The van der Waals surface area contributed by atoms with Crippen LogP contribution in [0.2, 0.25) is 5.02 Å². The normalized spacial score (nSPS) is 12.9. The molecule has 0 amide bonds. The molecule has 0 aliphatic carbocycles. The minimum absolute atomic E-state index is 0.0495. The van der Waals surface area contributed by atoms with Gasteiger partial charge in [0, 0.05) is 11.6 Å². The minimum Gasteiger partial charge on any atom is -0.489 e. The Morgan fingerprint density at radius 2 is 2.14 bits per heavy atom. The van der Waals surface area contributed by atoms with E-state index in [0.717, 1.165) is 5.75 Å². The maximum Gasteiger partial charge on any atom is 0.121 e. The molecule has 78 valence electrons. The summed E-state index contributed by atoms with van der Waals surface area (Å²) >= 11 is 5.84. The Kier molecular flexibility index (Phi) is 4.23. The second kappa shape index (κ2) is 5.23. The van der Waals surface area contributed by atoms with Gasteiger partial charge < -0.3 is 10.5 Å². The number of halogens is 1. The Hall–Kier alpha value is -0.730. The lowest BCUT2D eigenvalue weighted by Gasteiger charge is -2.20.